The van der Waals surface area contributed by atoms with E-state index in [9.17, 15) is 14.4 Å². The molecular weight excluding hydrogens is 426 g/mol. The number of hydrogen-bond donors (Lipinski definition) is 1. The van der Waals surface area contributed by atoms with Crippen molar-refractivity contribution in [1.82, 2.24) is 14.8 Å². The number of halogens is 1. The molecule has 8 heteroatoms. The summed E-state index contributed by atoms with van der Waals surface area (Å²) in [5.74, 6) is -0.960. The standard InChI is InChI=1S/C20H14BrN3O4/c21-13-5-7-14(8-6-13)23-9-1-3-15(23)11-17-18(25)22-20(27)24(19(17)26)12-16-4-2-10-28-16/h1-11H,12H2,(H,22,25,27). The highest BCUT2D eigenvalue weighted by molar-refractivity contribution is 9.10. The predicted octanol–water partition coefficient (Wildman–Crippen LogP) is 3.49. The van der Waals surface area contributed by atoms with E-state index in [1.807, 2.05) is 41.1 Å². The Morgan fingerprint density at radius 2 is 1.82 bits per heavy atom. The van der Waals surface area contributed by atoms with Crippen LogP contribution in [0, 0.1) is 0 Å². The number of furan rings is 1. The molecule has 1 aliphatic rings. The Hall–Kier alpha value is -3.39. The van der Waals surface area contributed by atoms with E-state index in [-0.39, 0.29) is 12.1 Å². The molecule has 0 radical (unpaired) electrons. The number of hydrogen-bond acceptors (Lipinski definition) is 4. The van der Waals surface area contributed by atoms with Gasteiger partial charge in [-0.3, -0.25) is 19.8 Å². The molecule has 0 unspecified atom stereocenters. The molecule has 2 aromatic heterocycles. The molecule has 3 aromatic rings. The van der Waals surface area contributed by atoms with E-state index in [2.05, 4.69) is 21.2 Å². The average molecular weight is 440 g/mol. The molecule has 1 fully saturated rings. The van der Waals surface area contributed by atoms with Crippen molar-refractivity contribution in [2.24, 2.45) is 0 Å². The van der Waals surface area contributed by atoms with Gasteiger partial charge in [-0.05, 0) is 54.6 Å². The fourth-order valence-electron chi connectivity index (χ4n) is 2.89. The molecule has 28 heavy (non-hydrogen) atoms. The van der Waals surface area contributed by atoms with E-state index in [0.717, 1.165) is 15.1 Å². The van der Waals surface area contributed by atoms with Crippen LogP contribution in [0.5, 0.6) is 0 Å². The lowest BCUT2D eigenvalue weighted by Gasteiger charge is -2.25. The summed E-state index contributed by atoms with van der Waals surface area (Å²) in [4.78, 5) is 38.2. The third-order valence-corrected chi connectivity index (χ3v) is 4.79. The maximum atomic E-state index is 12.8. The van der Waals surface area contributed by atoms with Gasteiger partial charge in [0.1, 0.15) is 11.3 Å². The number of barbiturate groups is 1. The van der Waals surface area contributed by atoms with Crippen LogP contribution in [0.15, 0.2) is 75.5 Å². The van der Waals surface area contributed by atoms with Gasteiger partial charge in [0.05, 0.1) is 12.8 Å². The normalized spacial score (nSPS) is 16.0. The Bertz CT molecular complexity index is 1080. The first-order valence-corrected chi connectivity index (χ1v) is 9.17. The molecular formula is C20H14BrN3O4. The lowest BCUT2D eigenvalue weighted by Crippen LogP contribution is -2.53. The quantitative estimate of drug-likeness (QED) is 0.497. The second kappa shape index (κ2) is 7.32. The van der Waals surface area contributed by atoms with Crippen molar-refractivity contribution in [3.8, 4) is 5.69 Å². The number of rotatable bonds is 4. The number of nitrogens with zero attached hydrogens (tertiary/aromatic N) is 2. The van der Waals surface area contributed by atoms with Crippen LogP contribution in [0.1, 0.15) is 11.5 Å². The third kappa shape index (κ3) is 3.41. The average Bonchev–Trinajstić information content (AvgIpc) is 3.35. The van der Waals surface area contributed by atoms with Crippen LogP contribution in [-0.2, 0) is 16.1 Å². The van der Waals surface area contributed by atoms with E-state index < -0.39 is 17.8 Å². The third-order valence-electron chi connectivity index (χ3n) is 4.26. The van der Waals surface area contributed by atoms with Gasteiger partial charge in [-0.2, -0.15) is 0 Å². The Morgan fingerprint density at radius 1 is 1.04 bits per heavy atom. The summed E-state index contributed by atoms with van der Waals surface area (Å²) >= 11 is 3.40. The van der Waals surface area contributed by atoms with Crippen LogP contribution in [0.25, 0.3) is 11.8 Å². The largest absolute Gasteiger partial charge is 0.467 e. The number of aromatic nitrogens is 1. The zero-order chi connectivity index (χ0) is 19.7. The maximum Gasteiger partial charge on any atom is 0.331 e. The molecule has 0 saturated carbocycles. The van der Waals surface area contributed by atoms with Crippen molar-refractivity contribution in [3.05, 3.63) is 82.5 Å². The Balaban J connectivity index is 1.68. The van der Waals surface area contributed by atoms with Crippen LogP contribution in [0.4, 0.5) is 4.79 Å². The van der Waals surface area contributed by atoms with Crippen molar-refractivity contribution in [2.75, 3.05) is 0 Å². The van der Waals surface area contributed by atoms with Crippen LogP contribution >= 0.6 is 15.9 Å². The number of amides is 4. The van der Waals surface area contributed by atoms with Crippen LogP contribution in [-0.4, -0.2) is 27.3 Å². The number of carbonyl (C=O) groups excluding carboxylic acids is 3. The molecule has 1 aromatic carbocycles. The van der Waals surface area contributed by atoms with Gasteiger partial charge in [0.15, 0.2) is 0 Å². The zero-order valence-corrected chi connectivity index (χ0v) is 16.0. The molecule has 1 N–H and O–H groups in total. The van der Waals surface area contributed by atoms with E-state index >= 15 is 0 Å². The second-order valence-electron chi connectivity index (χ2n) is 6.07. The van der Waals surface area contributed by atoms with Crippen molar-refractivity contribution >= 4 is 39.9 Å². The number of benzene rings is 1. The monoisotopic (exact) mass is 439 g/mol. The summed E-state index contributed by atoms with van der Waals surface area (Å²) in [5, 5.41) is 2.20. The number of nitrogens with one attached hydrogen (secondary N) is 1. The molecule has 7 nitrogen and oxygen atoms in total. The van der Waals surface area contributed by atoms with E-state index in [1.54, 1.807) is 18.2 Å². The van der Waals surface area contributed by atoms with Crippen LogP contribution < -0.4 is 5.32 Å². The minimum absolute atomic E-state index is 0.0595. The fraction of sp³-hybridized carbons (Fsp3) is 0.0500. The fourth-order valence-corrected chi connectivity index (χ4v) is 3.16. The molecule has 0 atom stereocenters. The molecule has 140 valence electrons. The van der Waals surface area contributed by atoms with Gasteiger partial charge < -0.3 is 8.98 Å². The van der Waals surface area contributed by atoms with Gasteiger partial charge in [0.25, 0.3) is 11.8 Å². The van der Waals surface area contributed by atoms with Crippen LogP contribution in [0.3, 0.4) is 0 Å². The van der Waals surface area contributed by atoms with Gasteiger partial charge in [0, 0.05) is 22.1 Å². The highest BCUT2D eigenvalue weighted by atomic mass is 79.9. The lowest BCUT2D eigenvalue weighted by atomic mass is 10.1. The highest BCUT2D eigenvalue weighted by Gasteiger charge is 2.36. The smallest absolute Gasteiger partial charge is 0.331 e. The molecule has 1 aliphatic heterocycles. The Morgan fingerprint density at radius 3 is 2.54 bits per heavy atom. The minimum Gasteiger partial charge on any atom is -0.467 e. The maximum absolute atomic E-state index is 12.8. The van der Waals surface area contributed by atoms with Gasteiger partial charge in [-0.1, -0.05) is 15.9 Å². The summed E-state index contributed by atoms with van der Waals surface area (Å²) in [6.07, 6.45) is 4.75. The van der Waals surface area contributed by atoms with Crippen molar-refractivity contribution in [3.63, 3.8) is 0 Å². The topological polar surface area (TPSA) is 84.6 Å². The summed E-state index contributed by atoms with van der Waals surface area (Å²) in [7, 11) is 0. The molecule has 0 aliphatic carbocycles. The molecule has 4 rings (SSSR count). The first-order chi connectivity index (χ1) is 13.5. The molecule has 0 bridgehead atoms. The summed E-state index contributed by atoms with van der Waals surface area (Å²) in [6, 6.07) is 13.7. The zero-order valence-electron chi connectivity index (χ0n) is 14.5. The van der Waals surface area contributed by atoms with Gasteiger partial charge in [0.2, 0.25) is 0 Å². The Labute approximate surface area is 168 Å². The summed E-state index contributed by atoms with van der Waals surface area (Å²) in [5.41, 5.74) is 1.38. The second-order valence-corrected chi connectivity index (χ2v) is 6.98. The van der Waals surface area contributed by atoms with Crippen molar-refractivity contribution < 1.29 is 18.8 Å². The Kier molecular flexibility index (Phi) is 4.70. The number of imide groups is 2. The van der Waals surface area contributed by atoms with Crippen molar-refractivity contribution in [2.45, 2.75) is 6.54 Å². The van der Waals surface area contributed by atoms with E-state index in [4.69, 9.17) is 4.42 Å². The van der Waals surface area contributed by atoms with Gasteiger partial charge >= 0.3 is 6.03 Å². The first-order valence-electron chi connectivity index (χ1n) is 8.37. The number of carbonyl (C=O) groups is 3. The predicted molar refractivity (Wildman–Crippen MR) is 104 cm³/mol. The van der Waals surface area contributed by atoms with Crippen LogP contribution in [0.2, 0.25) is 0 Å². The molecule has 3 heterocycles. The molecule has 0 spiro atoms. The first kappa shape index (κ1) is 18.0. The highest BCUT2D eigenvalue weighted by Crippen LogP contribution is 2.21. The number of urea groups is 1. The SMILES string of the molecule is O=C1NC(=O)N(Cc2ccco2)C(=O)C1=Cc1cccn1-c1ccc(Br)cc1. The molecule has 1 saturated heterocycles. The van der Waals surface area contributed by atoms with Crippen molar-refractivity contribution in [1.29, 1.82) is 0 Å². The summed E-state index contributed by atoms with van der Waals surface area (Å²) < 4.78 is 7.98. The molecule has 4 amide bonds. The summed E-state index contributed by atoms with van der Waals surface area (Å²) in [6.45, 7) is -0.0595. The lowest BCUT2D eigenvalue weighted by molar-refractivity contribution is -0.130. The van der Waals surface area contributed by atoms with Gasteiger partial charge in [-0.25, -0.2) is 4.79 Å². The minimum atomic E-state index is -0.771. The van der Waals surface area contributed by atoms with E-state index in [0.29, 0.717) is 11.5 Å². The van der Waals surface area contributed by atoms with Gasteiger partial charge in [-0.15, -0.1) is 0 Å². The van der Waals surface area contributed by atoms with E-state index in [1.165, 1.54) is 12.3 Å².